The van der Waals surface area contributed by atoms with Crippen LogP contribution < -0.4 is 10.6 Å². The molecule has 116 valence electrons. The van der Waals surface area contributed by atoms with Gasteiger partial charge in [0, 0.05) is 25.3 Å². The Kier molecular flexibility index (Phi) is 4.60. The fourth-order valence-electron chi connectivity index (χ4n) is 2.10. The van der Waals surface area contributed by atoms with Crippen molar-refractivity contribution in [2.24, 2.45) is 0 Å². The molecule has 2 rings (SSSR count). The van der Waals surface area contributed by atoms with Crippen molar-refractivity contribution >= 4 is 21.6 Å². The van der Waals surface area contributed by atoms with Crippen LogP contribution in [-0.2, 0) is 14.8 Å². The Morgan fingerprint density at radius 1 is 1.48 bits per heavy atom. The summed E-state index contributed by atoms with van der Waals surface area (Å²) in [4.78, 5) is 12.1. The molecule has 1 aliphatic heterocycles. The summed E-state index contributed by atoms with van der Waals surface area (Å²) < 4.78 is 37.7. The van der Waals surface area contributed by atoms with Crippen LogP contribution in [0.2, 0.25) is 0 Å². The fraction of sp³-hybridized carbons (Fsp3) is 0.462. The highest BCUT2D eigenvalue weighted by atomic mass is 32.2. The third-order valence-electron chi connectivity index (χ3n) is 3.36. The molecule has 6 nitrogen and oxygen atoms in total. The van der Waals surface area contributed by atoms with E-state index in [1.807, 2.05) is 0 Å². The van der Waals surface area contributed by atoms with Gasteiger partial charge in [-0.3, -0.25) is 4.79 Å². The first-order chi connectivity index (χ1) is 9.77. The van der Waals surface area contributed by atoms with Gasteiger partial charge in [0.05, 0.1) is 6.26 Å². The maximum Gasteiger partial charge on any atom is 0.242 e. The van der Waals surface area contributed by atoms with E-state index in [9.17, 15) is 17.6 Å². The summed E-state index contributed by atoms with van der Waals surface area (Å²) in [7, 11) is -3.32. The minimum absolute atomic E-state index is 0.0685. The van der Waals surface area contributed by atoms with Gasteiger partial charge in [-0.2, -0.15) is 4.31 Å². The van der Waals surface area contributed by atoms with Crippen LogP contribution in [0.15, 0.2) is 18.2 Å². The topological polar surface area (TPSA) is 78.5 Å². The van der Waals surface area contributed by atoms with Crippen LogP contribution in [0.4, 0.5) is 10.1 Å². The van der Waals surface area contributed by atoms with E-state index < -0.39 is 21.9 Å². The fourth-order valence-corrected chi connectivity index (χ4v) is 2.94. The largest absolute Gasteiger partial charge is 0.325 e. The van der Waals surface area contributed by atoms with Crippen molar-refractivity contribution in [3.05, 3.63) is 29.6 Å². The summed E-state index contributed by atoms with van der Waals surface area (Å²) in [6, 6.07) is 3.76. The van der Waals surface area contributed by atoms with Crippen LogP contribution in [0, 0.1) is 12.7 Å². The molecule has 1 fully saturated rings. The number of piperazine rings is 1. The van der Waals surface area contributed by atoms with Gasteiger partial charge in [-0.25, -0.2) is 12.8 Å². The van der Waals surface area contributed by atoms with Crippen LogP contribution in [-0.4, -0.2) is 50.6 Å². The standard InChI is InChI=1S/C13H18FN3O3S/c1-9-3-4-10(7-11(9)14)16-13(18)12-8-17(6-5-15-12)21(2,19)20/h3-4,7,12,15H,5-6,8H2,1-2H3,(H,16,18). The molecule has 0 aliphatic carbocycles. The molecule has 8 heteroatoms. The molecule has 1 heterocycles. The molecule has 0 radical (unpaired) electrons. The summed E-state index contributed by atoms with van der Waals surface area (Å²) in [6.07, 6.45) is 1.11. The number of nitrogens with one attached hydrogen (secondary N) is 2. The van der Waals surface area contributed by atoms with Crippen LogP contribution in [0.3, 0.4) is 0 Å². The van der Waals surface area contributed by atoms with E-state index in [4.69, 9.17) is 0 Å². The minimum Gasteiger partial charge on any atom is -0.325 e. The second-order valence-corrected chi connectivity index (χ2v) is 7.06. The number of hydrogen-bond acceptors (Lipinski definition) is 4. The van der Waals surface area contributed by atoms with Gasteiger partial charge in [0.1, 0.15) is 11.9 Å². The number of sulfonamides is 1. The highest BCUT2D eigenvalue weighted by Gasteiger charge is 2.29. The quantitative estimate of drug-likeness (QED) is 0.841. The molecular weight excluding hydrogens is 297 g/mol. The molecule has 1 amide bonds. The van der Waals surface area contributed by atoms with Crippen molar-refractivity contribution < 1.29 is 17.6 Å². The Bertz CT molecular complexity index is 648. The third-order valence-corrected chi connectivity index (χ3v) is 4.63. The zero-order chi connectivity index (χ0) is 15.6. The van der Waals surface area contributed by atoms with Crippen LogP contribution in [0.1, 0.15) is 5.56 Å². The molecule has 1 unspecified atom stereocenters. The highest BCUT2D eigenvalue weighted by molar-refractivity contribution is 7.88. The highest BCUT2D eigenvalue weighted by Crippen LogP contribution is 2.14. The SMILES string of the molecule is Cc1ccc(NC(=O)C2CN(S(C)(=O)=O)CCN2)cc1F. The maximum atomic E-state index is 13.4. The van der Waals surface area contributed by atoms with E-state index in [1.165, 1.54) is 10.4 Å². The van der Waals surface area contributed by atoms with E-state index in [-0.39, 0.29) is 12.5 Å². The summed E-state index contributed by atoms with van der Waals surface area (Å²) in [5.74, 6) is -0.784. The van der Waals surface area contributed by atoms with Crippen molar-refractivity contribution in [1.29, 1.82) is 0 Å². The van der Waals surface area contributed by atoms with Crippen molar-refractivity contribution in [3.63, 3.8) is 0 Å². The molecule has 1 atom stereocenters. The van der Waals surface area contributed by atoms with Gasteiger partial charge in [0.2, 0.25) is 15.9 Å². The second kappa shape index (κ2) is 6.08. The summed E-state index contributed by atoms with van der Waals surface area (Å²) in [5, 5.41) is 5.54. The molecular formula is C13H18FN3O3S. The van der Waals surface area contributed by atoms with E-state index >= 15 is 0 Å². The van der Waals surface area contributed by atoms with Gasteiger partial charge in [-0.15, -0.1) is 0 Å². The van der Waals surface area contributed by atoms with Crippen LogP contribution in [0.5, 0.6) is 0 Å². The summed E-state index contributed by atoms with van der Waals surface area (Å²) in [5.41, 5.74) is 0.841. The zero-order valence-corrected chi connectivity index (χ0v) is 12.7. The average Bonchev–Trinajstić information content (AvgIpc) is 2.42. The molecule has 0 spiro atoms. The first kappa shape index (κ1) is 15.9. The Hall–Kier alpha value is -1.51. The number of aryl methyl sites for hydroxylation is 1. The van der Waals surface area contributed by atoms with Gasteiger partial charge in [-0.05, 0) is 24.6 Å². The first-order valence-corrected chi connectivity index (χ1v) is 8.38. The number of rotatable bonds is 3. The molecule has 1 aromatic carbocycles. The number of amides is 1. The number of carbonyl (C=O) groups is 1. The van der Waals surface area contributed by atoms with Crippen LogP contribution in [0.25, 0.3) is 0 Å². The number of halogens is 1. The predicted octanol–water partition coefficient (Wildman–Crippen LogP) is 0.306. The lowest BCUT2D eigenvalue weighted by atomic mass is 10.2. The molecule has 2 N–H and O–H groups in total. The molecule has 0 saturated carbocycles. The van der Waals surface area contributed by atoms with E-state index in [2.05, 4.69) is 10.6 Å². The van der Waals surface area contributed by atoms with Crippen molar-refractivity contribution in [2.75, 3.05) is 31.2 Å². The number of benzene rings is 1. The normalized spacial score (nSPS) is 20.2. The van der Waals surface area contributed by atoms with Crippen LogP contribution >= 0.6 is 0 Å². The van der Waals surface area contributed by atoms with E-state index in [0.717, 1.165) is 6.26 Å². The lowest BCUT2D eigenvalue weighted by Gasteiger charge is -2.31. The number of hydrogen-bond donors (Lipinski definition) is 2. The molecule has 1 aliphatic rings. The number of anilines is 1. The van der Waals surface area contributed by atoms with Gasteiger partial charge in [-0.1, -0.05) is 6.07 Å². The molecule has 1 aromatic rings. The predicted molar refractivity (Wildman–Crippen MR) is 78.0 cm³/mol. The van der Waals surface area contributed by atoms with Crippen molar-refractivity contribution in [2.45, 2.75) is 13.0 Å². The Morgan fingerprint density at radius 2 is 2.19 bits per heavy atom. The first-order valence-electron chi connectivity index (χ1n) is 6.53. The Morgan fingerprint density at radius 3 is 2.81 bits per heavy atom. The van der Waals surface area contributed by atoms with Crippen molar-refractivity contribution in [3.8, 4) is 0 Å². The second-order valence-electron chi connectivity index (χ2n) is 5.08. The molecule has 0 aromatic heterocycles. The smallest absolute Gasteiger partial charge is 0.242 e. The van der Waals surface area contributed by atoms with E-state index in [0.29, 0.717) is 24.3 Å². The Labute approximate surface area is 123 Å². The lowest BCUT2D eigenvalue weighted by Crippen LogP contribution is -2.56. The van der Waals surface area contributed by atoms with Gasteiger partial charge >= 0.3 is 0 Å². The number of nitrogens with zero attached hydrogens (tertiary/aromatic N) is 1. The van der Waals surface area contributed by atoms with E-state index in [1.54, 1.807) is 19.1 Å². The average molecular weight is 315 g/mol. The van der Waals surface area contributed by atoms with Crippen molar-refractivity contribution in [1.82, 2.24) is 9.62 Å². The monoisotopic (exact) mass is 315 g/mol. The maximum absolute atomic E-state index is 13.4. The summed E-state index contributed by atoms with van der Waals surface area (Å²) in [6.45, 7) is 2.43. The molecule has 21 heavy (non-hydrogen) atoms. The third kappa shape index (κ3) is 3.99. The molecule has 0 bridgehead atoms. The zero-order valence-electron chi connectivity index (χ0n) is 11.9. The minimum atomic E-state index is -3.32. The lowest BCUT2D eigenvalue weighted by molar-refractivity contribution is -0.118. The Balaban J connectivity index is 2.04. The number of carbonyl (C=O) groups excluding carboxylic acids is 1. The van der Waals surface area contributed by atoms with Gasteiger partial charge in [0.25, 0.3) is 0 Å². The van der Waals surface area contributed by atoms with Gasteiger partial charge < -0.3 is 10.6 Å². The van der Waals surface area contributed by atoms with Gasteiger partial charge in [0.15, 0.2) is 0 Å². The molecule has 1 saturated heterocycles. The summed E-state index contributed by atoms with van der Waals surface area (Å²) >= 11 is 0.